The van der Waals surface area contributed by atoms with Gasteiger partial charge < -0.3 is 14.1 Å². The van der Waals surface area contributed by atoms with Crippen molar-refractivity contribution >= 4 is 17.5 Å². The molecule has 5 rings (SSSR count). The topological polar surface area (TPSA) is 68.5 Å². The summed E-state index contributed by atoms with van der Waals surface area (Å²) in [5.74, 6) is 2.21. The number of carbonyl (C=O) groups excluding carboxylic acids is 1. The fourth-order valence-electron chi connectivity index (χ4n) is 4.40. The standard InChI is InChI=1S/C29H28ClN3O3.C2H6/c1-20-28(32-27(36-20)17-21-6-5-7-24(30)16-21)22-9-12-26(13-10-22)35-19-25-11-8-23(18-31-25)29(34)33-14-3-2-4-15-33;1-2/h5-13,16,18H,2-4,14-15,17,19H2,1H3;1-2H3. The van der Waals surface area contributed by atoms with Crippen LogP contribution in [0, 0.1) is 6.92 Å². The van der Waals surface area contributed by atoms with E-state index in [1.165, 1.54) is 6.42 Å². The summed E-state index contributed by atoms with van der Waals surface area (Å²) < 4.78 is 11.8. The second kappa shape index (κ2) is 13.2. The molecule has 0 unspecified atom stereocenters. The van der Waals surface area contributed by atoms with Crippen LogP contribution in [0.2, 0.25) is 5.02 Å². The zero-order chi connectivity index (χ0) is 26.9. The van der Waals surface area contributed by atoms with Crippen molar-refractivity contribution in [2.24, 2.45) is 0 Å². The fourth-order valence-corrected chi connectivity index (χ4v) is 4.61. The molecule has 38 heavy (non-hydrogen) atoms. The van der Waals surface area contributed by atoms with E-state index in [4.69, 9.17) is 25.7 Å². The van der Waals surface area contributed by atoms with Gasteiger partial charge >= 0.3 is 0 Å². The molecule has 3 heterocycles. The van der Waals surface area contributed by atoms with Gasteiger partial charge in [-0.05, 0) is 80.3 Å². The van der Waals surface area contributed by atoms with Gasteiger partial charge in [0.25, 0.3) is 5.91 Å². The molecule has 0 N–H and O–H groups in total. The third kappa shape index (κ3) is 7.01. The number of aryl methyl sites for hydroxylation is 1. The summed E-state index contributed by atoms with van der Waals surface area (Å²) in [6, 6.07) is 19.1. The first-order valence-electron chi connectivity index (χ1n) is 13.2. The first kappa shape index (κ1) is 27.4. The summed E-state index contributed by atoms with van der Waals surface area (Å²) in [4.78, 5) is 23.6. The quantitative estimate of drug-likeness (QED) is 0.246. The van der Waals surface area contributed by atoms with Crippen molar-refractivity contribution in [1.29, 1.82) is 0 Å². The van der Waals surface area contributed by atoms with Gasteiger partial charge in [0.2, 0.25) is 0 Å². The molecule has 1 fully saturated rings. The van der Waals surface area contributed by atoms with Crippen LogP contribution in [0.25, 0.3) is 11.3 Å². The van der Waals surface area contributed by atoms with Gasteiger partial charge in [-0.15, -0.1) is 0 Å². The molecule has 0 atom stereocenters. The predicted molar refractivity (Wildman–Crippen MR) is 151 cm³/mol. The molecule has 1 amide bonds. The molecule has 1 aliphatic rings. The number of piperidine rings is 1. The van der Waals surface area contributed by atoms with E-state index < -0.39 is 0 Å². The zero-order valence-corrected chi connectivity index (χ0v) is 23.0. The highest BCUT2D eigenvalue weighted by Crippen LogP contribution is 2.27. The first-order valence-corrected chi connectivity index (χ1v) is 13.6. The lowest BCUT2D eigenvalue weighted by molar-refractivity contribution is 0.0724. The van der Waals surface area contributed by atoms with Crippen LogP contribution in [-0.4, -0.2) is 33.9 Å². The Morgan fingerprint density at radius 3 is 2.47 bits per heavy atom. The Kier molecular flexibility index (Phi) is 9.55. The van der Waals surface area contributed by atoms with Gasteiger partial charge in [-0.2, -0.15) is 0 Å². The number of hydrogen-bond donors (Lipinski definition) is 0. The van der Waals surface area contributed by atoms with E-state index in [0.29, 0.717) is 29.5 Å². The van der Waals surface area contributed by atoms with Gasteiger partial charge in [0.1, 0.15) is 23.8 Å². The van der Waals surface area contributed by atoms with Crippen LogP contribution in [0.4, 0.5) is 0 Å². The molecule has 4 aromatic rings. The maximum Gasteiger partial charge on any atom is 0.255 e. The molecule has 0 radical (unpaired) electrons. The van der Waals surface area contributed by atoms with Gasteiger partial charge in [-0.1, -0.05) is 37.6 Å². The predicted octanol–water partition coefficient (Wildman–Crippen LogP) is 7.52. The van der Waals surface area contributed by atoms with Crippen LogP contribution in [0.3, 0.4) is 0 Å². The number of ether oxygens (including phenoxy) is 1. The molecule has 0 bridgehead atoms. The summed E-state index contributed by atoms with van der Waals surface area (Å²) >= 11 is 6.09. The molecule has 2 aromatic heterocycles. The molecule has 7 heteroatoms. The number of amides is 1. The van der Waals surface area contributed by atoms with Crippen molar-refractivity contribution < 1.29 is 13.9 Å². The minimum absolute atomic E-state index is 0.0594. The number of hydrogen-bond acceptors (Lipinski definition) is 5. The molecule has 0 aliphatic carbocycles. The van der Waals surface area contributed by atoms with E-state index in [1.54, 1.807) is 6.20 Å². The maximum absolute atomic E-state index is 12.6. The number of rotatable bonds is 7. The monoisotopic (exact) mass is 531 g/mol. The van der Waals surface area contributed by atoms with Crippen LogP contribution >= 0.6 is 11.6 Å². The minimum atomic E-state index is 0.0594. The summed E-state index contributed by atoms with van der Waals surface area (Å²) in [5, 5.41) is 0.698. The highest BCUT2D eigenvalue weighted by molar-refractivity contribution is 6.30. The highest BCUT2D eigenvalue weighted by Gasteiger charge is 2.18. The number of nitrogens with zero attached hydrogens (tertiary/aromatic N) is 3. The minimum Gasteiger partial charge on any atom is -0.487 e. The van der Waals surface area contributed by atoms with Crippen molar-refractivity contribution in [3.8, 4) is 17.0 Å². The fraction of sp³-hybridized carbons (Fsp3) is 0.323. The number of carbonyl (C=O) groups is 1. The number of likely N-dealkylation sites (tertiary alicyclic amines) is 1. The Balaban J connectivity index is 0.00000164. The number of aromatic nitrogens is 2. The molecular formula is C31H34ClN3O3. The molecule has 198 valence electrons. The van der Waals surface area contributed by atoms with Gasteiger partial charge in [0, 0.05) is 36.3 Å². The molecule has 1 aliphatic heterocycles. The van der Waals surface area contributed by atoms with Gasteiger partial charge in [-0.3, -0.25) is 9.78 Å². The smallest absolute Gasteiger partial charge is 0.255 e. The van der Waals surface area contributed by atoms with Gasteiger partial charge in [-0.25, -0.2) is 4.98 Å². The zero-order valence-electron chi connectivity index (χ0n) is 22.2. The SMILES string of the molecule is CC.Cc1oc(Cc2cccc(Cl)c2)nc1-c1ccc(OCc2ccc(C(=O)N3CCCCC3)cn2)cc1. The van der Waals surface area contributed by atoms with E-state index in [-0.39, 0.29) is 5.91 Å². The highest BCUT2D eigenvalue weighted by atomic mass is 35.5. The summed E-state index contributed by atoms with van der Waals surface area (Å²) in [6.45, 7) is 7.90. The summed E-state index contributed by atoms with van der Waals surface area (Å²) in [7, 11) is 0. The Hall–Kier alpha value is -3.64. The average molecular weight is 532 g/mol. The number of oxazole rings is 1. The molecule has 0 saturated carbocycles. The maximum atomic E-state index is 12.6. The van der Waals surface area contributed by atoms with Crippen LogP contribution in [0.5, 0.6) is 5.75 Å². The number of benzene rings is 2. The first-order chi connectivity index (χ1) is 18.5. The Morgan fingerprint density at radius 2 is 1.79 bits per heavy atom. The van der Waals surface area contributed by atoms with E-state index in [0.717, 1.165) is 60.0 Å². The Morgan fingerprint density at radius 1 is 1.03 bits per heavy atom. The Labute approximate surface area is 229 Å². The summed E-state index contributed by atoms with van der Waals surface area (Å²) in [5.41, 5.74) is 4.22. The van der Waals surface area contributed by atoms with E-state index in [2.05, 4.69) is 4.98 Å². The normalized spacial score (nSPS) is 13.0. The van der Waals surface area contributed by atoms with Crippen molar-refractivity contribution in [3.05, 3.63) is 100 Å². The third-order valence-electron chi connectivity index (χ3n) is 6.31. The lowest BCUT2D eigenvalue weighted by atomic mass is 10.1. The van der Waals surface area contributed by atoms with Gasteiger partial charge in [0.05, 0.1) is 11.3 Å². The van der Waals surface area contributed by atoms with Crippen molar-refractivity contribution in [3.63, 3.8) is 0 Å². The van der Waals surface area contributed by atoms with Crippen LogP contribution in [0.1, 0.15) is 66.4 Å². The van der Waals surface area contributed by atoms with E-state index in [9.17, 15) is 4.79 Å². The van der Waals surface area contributed by atoms with E-state index >= 15 is 0 Å². The van der Waals surface area contributed by atoms with E-state index in [1.807, 2.05) is 86.3 Å². The van der Waals surface area contributed by atoms with Crippen LogP contribution < -0.4 is 4.74 Å². The van der Waals surface area contributed by atoms with Gasteiger partial charge in [0.15, 0.2) is 5.89 Å². The lowest BCUT2D eigenvalue weighted by Gasteiger charge is -2.26. The second-order valence-corrected chi connectivity index (χ2v) is 9.46. The molecule has 6 nitrogen and oxygen atoms in total. The third-order valence-corrected chi connectivity index (χ3v) is 6.55. The molecule has 0 spiro atoms. The molecule has 2 aromatic carbocycles. The largest absolute Gasteiger partial charge is 0.487 e. The Bertz CT molecular complexity index is 1330. The number of halogens is 1. The second-order valence-electron chi connectivity index (χ2n) is 9.02. The molecular weight excluding hydrogens is 498 g/mol. The van der Waals surface area contributed by atoms with Crippen molar-refractivity contribution in [2.75, 3.05) is 13.1 Å². The lowest BCUT2D eigenvalue weighted by Crippen LogP contribution is -2.35. The van der Waals surface area contributed by atoms with Crippen LogP contribution in [-0.2, 0) is 13.0 Å². The van der Waals surface area contributed by atoms with Crippen LogP contribution in [0.15, 0.2) is 71.3 Å². The van der Waals surface area contributed by atoms with Crippen molar-refractivity contribution in [2.45, 2.75) is 53.1 Å². The summed E-state index contributed by atoms with van der Waals surface area (Å²) in [6.07, 6.45) is 5.57. The molecule has 1 saturated heterocycles. The average Bonchev–Trinajstić information content (AvgIpc) is 3.33. The van der Waals surface area contributed by atoms with Crippen molar-refractivity contribution in [1.82, 2.24) is 14.9 Å². The number of pyridine rings is 1.